The van der Waals surface area contributed by atoms with Gasteiger partial charge in [-0.05, 0) is 70.3 Å². The van der Waals surface area contributed by atoms with E-state index in [1.165, 1.54) is 24.3 Å². The lowest BCUT2D eigenvalue weighted by Gasteiger charge is -2.27. The molecule has 31 heavy (non-hydrogen) atoms. The molecule has 0 amide bonds. The molecule has 4 nitrogen and oxygen atoms in total. The van der Waals surface area contributed by atoms with Gasteiger partial charge in [-0.15, -0.1) is 0 Å². The Morgan fingerprint density at radius 3 is 2.48 bits per heavy atom. The van der Waals surface area contributed by atoms with E-state index in [1.807, 2.05) is 0 Å². The summed E-state index contributed by atoms with van der Waals surface area (Å²) in [5, 5.41) is -0.143. The molecule has 0 radical (unpaired) electrons. The van der Waals surface area contributed by atoms with Crippen molar-refractivity contribution in [3.63, 3.8) is 0 Å². The van der Waals surface area contributed by atoms with E-state index in [4.69, 9.17) is 11.6 Å². The fraction of sp³-hybridized carbons (Fsp3) is 0.500. The van der Waals surface area contributed by atoms with Crippen LogP contribution < -0.4 is 9.62 Å². The van der Waals surface area contributed by atoms with Gasteiger partial charge in [0.05, 0.1) is 5.69 Å². The number of anilines is 2. The predicted octanol–water partition coefficient (Wildman–Crippen LogP) is 6.61. The lowest BCUT2D eigenvalue weighted by molar-refractivity contribution is 0.218. The molecule has 0 aliphatic rings. The lowest BCUT2D eigenvalue weighted by Crippen LogP contribution is -2.33. The molecule has 2 rings (SSSR count). The van der Waals surface area contributed by atoms with Crippen molar-refractivity contribution in [2.45, 2.75) is 51.0 Å². The molecule has 172 valence electrons. The number of unbranched alkanes of at least 4 members (excludes halogenated alkanes) is 1. The van der Waals surface area contributed by atoms with Crippen LogP contribution in [0.4, 0.5) is 24.7 Å². The number of pyridine rings is 1. The van der Waals surface area contributed by atoms with Crippen molar-refractivity contribution in [2.24, 2.45) is 0 Å². The Labute approximate surface area is 192 Å². The summed E-state index contributed by atoms with van der Waals surface area (Å²) in [6.45, 7) is 9.23. The Kier molecular flexibility index (Phi) is 10.3. The zero-order valence-corrected chi connectivity index (χ0v) is 20.0. The van der Waals surface area contributed by atoms with Crippen molar-refractivity contribution >= 4 is 35.1 Å². The summed E-state index contributed by atoms with van der Waals surface area (Å²) in [6.07, 6.45) is 2.98. The van der Waals surface area contributed by atoms with E-state index in [-0.39, 0.29) is 15.7 Å². The molecule has 0 aliphatic heterocycles. The SMILES string of the molecule is CCCN(CCCCN(C)c1cc(F)c(SNc2cccc(F)n2)c(F)c1Cl)C(C)C. The standard InChI is InChI=1S/C22H30ClF3N4S/c1-5-11-30(15(2)3)13-7-6-12-29(4)17-14-16(24)22(21(26)20(17)23)31-28-19-10-8-9-18(25)27-19/h8-10,14-15H,5-7,11-13H2,1-4H3,(H,27,28). The second-order valence-electron chi connectivity index (χ2n) is 7.64. The monoisotopic (exact) mass is 474 g/mol. The maximum absolute atomic E-state index is 14.8. The van der Waals surface area contributed by atoms with Crippen LogP contribution >= 0.6 is 23.5 Å². The maximum atomic E-state index is 14.8. The highest BCUT2D eigenvalue weighted by Crippen LogP contribution is 2.37. The summed E-state index contributed by atoms with van der Waals surface area (Å²) < 4.78 is 45.2. The van der Waals surface area contributed by atoms with Gasteiger partial charge in [0.2, 0.25) is 5.95 Å². The lowest BCUT2D eigenvalue weighted by atomic mass is 10.2. The van der Waals surface area contributed by atoms with Crippen LogP contribution in [0.5, 0.6) is 0 Å². The number of nitrogens with one attached hydrogen (secondary N) is 1. The third kappa shape index (κ3) is 7.47. The molecule has 1 heterocycles. The minimum absolute atomic E-state index is 0.143. The van der Waals surface area contributed by atoms with Crippen LogP contribution in [0.25, 0.3) is 0 Å². The second-order valence-corrected chi connectivity index (χ2v) is 8.84. The quantitative estimate of drug-likeness (QED) is 0.162. The van der Waals surface area contributed by atoms with Crippen molar-refractivity contribution in [1.82, 2.24) is 9.88 Å². The molecular formula is C22H30ClF3N4S. The van der Waals surface area contributed by atoms with Gasteiger partial charge in [0.1, 0.15) is 21.6 Å². The van der Waals surface area contributed by atoms with Crippen molar-refractivity contribution < 1.29 is 13.2 Å². The zero-order chi connectivity index (χ0) is 23.0. The average molecular weight is 475 g/mol. The number of hydrogen-bond acceptors (Lipinski definition) is 5. The molecule has 0 saturated carbocycles. The van der Waals surface area contributed by atoms with Crippen LogP contribution in [-0.4, -0.2) is 42.6 Å². The third-order valence-electron chi connectivity index (χ3n) is 4.91. The molecule has 1 N–H and O–H groups in total. The molecule has 9 heteroatoms. The van der Waals surface area contributed by atoms with E-state index in [0.717, 1.165) is 32.4 Å². The Balaban J connectivity index is 1.98. The summed E-state index contributed by atoms with van der Waals surface area (Å²) in [5.41, 5.74) is 0.305. The van der Waals surface area contributed by atoms with Crippen molar-refractivity contribution in [1.29, 1.82) is 0 Å². The van der Waals surface area contributed by atoms with Gasteiger partial charge in [-0.25, -0.2) is 13.8 Å². The zero-order valence-electron chi connectivity index (χ0n) is 18.4. The first kappa shape index (κ1) is 25.6. The number of aromatic nitrogens is 1. The van der Waals surface area contributed by atoms with Crippen LogP contribution in [-0.2, 0) is 0 Å². The fourth-order valence-electron chi connectivity index (χ4n) is 3.21. The number of nitrogens with zero attached hydrogens (tertiary/aromatic N) is 3. The maximum Gasteiger partial charge on any atom is 0.214 e. The highest BCUT2D eigenvalue weighted by Gasteiger charge is 2.20. The van der Waals surface area contributed by atoms with Crippen molar-refractivity contribution in [2.75, 3.05) is 36.3 Å². The molecule has 1 aromatic heterocycles. The van der Waals surface area contributed by atoms with E-state index in [2.05, 4.69) is 35.4 Å². The summed E-state index contributed by atoms with van der Waals surface area (Å²) in [4.78, 5) is 7.51. The van der Waals surface area contributed by atoms with Crippen LogP contribution in [0.15, 0.2) is 29.2 Å². The van der Waals surface area contributed by atoms with Gasteiger partial charge in [0.15, 0.2) is 5.82 Å². The Morgan fingerprint density at radius 2 is 1.84 bits per heavy atom. The van der Waals surface area contributed by atoms with Gasteiger partial charge >= 0.3 is 0 Å². The Hall–Kier alpha value is -1.64. The molecule has 2 aromatic rings. The molecule has 0 fully saturated rings. The normalized spacial score (nSPS) is 11.4. The molecular weight excluding hydrogens is 445 g/mol. The van der Waals surface area contributed by atoms with E-state index in [1.54, 1.807) is 11.9 Å². The first-order chi connectivity index (χ1) is 14.7. The molecule has 0 spiro atoms. The number of hydrogen-bond donors (Lipinski definition) is 1. The summed E-state index contributed by atoms with van der Waals surface area (Å²) in [6, 6.07) is 5.85. The van der Waals surface area contributed by atoms with Gasteiger partial charge in [-0.1, -0.05) is 24.6 Å². The van der Waals surface area contributed by atoms with Crippen LogP contribution in [0.3, 0.4) is 0 Å². The van der Waals surface area contributed by atoms with Crippen molar-refractivity contribution in [3.8, 4) is 0 Å². The highest BCUT2D eigenvalue weighted by atomic mass is 35.5. The topological polar surface area (TPSA) is 31.4 Å². The van der Waals surface area contributed by atoms with Crippen molar-refractivity contribution in [3.05, 3.63) is 46.9 Å². The van der Waals surface area contributed by atoms with Crippen LogP contribution in [0, 0.1) is 17.6 Å². The summed E-state index contributed by atoms with van der Waals surface area (Å²) in [5.74, 6) is -2.13. The number of halogens is 4. The van der Waals surface area contributed by atoms with E-state index in [9.17, 15) is 13.2 Å². The van der Waals surface area contributed by atoms with E-state index < -0.39 is 17.6 Å². The molecule has 0 saturated heterocycles. The predicted molar refractivity (Wildman–Crippen MR) is 125 cm³/mol. The molecule has 0 atom stereocenters. The molecule has 0 aliphatic carbocycles. The average Bonchev–Trinajstić information content (AvgIpc) is 2.72. The van der Waals surface area contributed by atoms with Gasteiger partial charge in [-0.2, -0.15) is 4.39 Å². The third-order valence-corrected chi connectivity index (χ3v) is 6.16. The molecule has 0 unspecified atom stereocenters. The van der Waals surface area contributed by atoms with Crippen LogP contribution in [0.2, 0.25) is 5.02 Å². The molecule has 0 bridgehead atoms. The second kappa shape index (κ2) is 12.4. The number of rotatable bonds is 12. The molecule has 1 aromatic carbocycles. The first-order valence-electron chi connectivity index (χ1n) is 10.4. The largest absolute Gasteiger partial charge is 0.373 e. The fourth-order valence-corrected chi connectivity index (χ4v) is 4.22. The Morgan fingerprint density at radius 1 is 1.13 bits per heavy atom. The smallest absolute Gasteiger partial charge is 0.214 e. The highest BCUT2D eigenvalue weighted by molar-refractivity contribution is 8.00. The summed E-state index contributed by atoms with van der Waals surface area (Å²) in [7, 11) is 1.77. The number of benzene rings is 1. The van der Waals surface area contributed by atoms with Gasteiger partial charge < -0.3 is 14.5 Å². The van der Waals surface area contributed by atoms with E-state index >= 15 is 0 Å². The minimum Gasteiger partial charge on any atom is -0.373 e. The minimum atomic E-state index is -0.855. The van der Waals surface area contributed by atoms with Gasteiger partial charge in [-0.3, -0.25) is 0 Å². The first-order valence-corrected chi connectivity index (χ1v) is 11.6. The van der Waals surface area contributed by atoms with Gasteiger partial charge in [0.25, 0.3) is 0 Å². The van der Waals surface area contributed by atoms with E-state index in [0.29, 0.717) is 30.2 Å². The van der Waals surface area contributed by atoms with Gasteiger partial charge in [0, 0.05) is 25.7 Å². The summed E-state index contributed by atoms with van der Waals surface area (Å²) >= 11 is 6.87. The Bertz CT molecular complexity index is 854. The van der Waals surface area contributed by atoms with Crippen LogP contribution in [0.1, 0.15) is 40.0 Å².